The molecule has 33 heavy (non-hydrogen) atoms. The number of carbonyl (C=O) groups excluding carboxylic acids is 2. The number of hydrogen-bond donors (Lipinski definition) is 1. The summed E-state index contributed by atoms with van der Waals surface area (Å²) in [6.45, 7) is 0.116. The van der Waals surface area contributed by atoms with E-state index in [2.05, 4.69) is 5.32 Å². The highest BCUT2D eigenvalue weighted by molar-refractivity contribution is 5.82. The molecule has 0 saturated heterocycles. The Labute approximate surface area is 190 Å². The molecule has 8 nitrogen and oxygen atoms in total. The zero-order chi connectivity index (χ0) is 23.4. The molecule has 8 heteroatoms. The number of esters is 1. The van der Waals surface area contributed by atoms with Crippen molar-refractivity contribution in [3.8, 4) is 11.1 Å². The van der Waals surface area contributed by atoms with Crippen molar-refractivity contribution in [2.75, 3.05) is 13.7 Å². The van der Waals surface area contributed by atoms with Crippen molar-refractivity contribution in [3.63, 3.8) is 0 Å². The van der Waals surface area contributed by atoms with Crippen LogP contribution in [0.15, 0.2) is 72.8 Å². The topological polar surface area (TPSA) is 108 Å². The number of alkyl carbamates (subject to hydrolysis) is 1. The zero-order valence-corrected chi connectivity index (χ0v) is 17.9. The molecule has 0 aromatic heterocycles. The van der Waals surface area contributed by atoms with Gasteiger partial charge in [-0.2, -0.15) is 0 Å². The summed E-state index contributed by atoms with van der Waals surface area (Å²) >= 11 is 0. The third kappa shape index (κ3) is 4.69. The van der Waals surface area contributed by atoms with E-state index in [0.29, 0.717) is 5.56 Å². The van der Waals surface area contributed by atoms with E-state index < -0.39 is 23.0 Å². The minimum absolute atomic E-state index is 0.0575. The summed E-state index contributed by atoms with van der Waals surface area (Å²) in [5.41, 5.74) is 4.98. The minimum Gasteiger partial charge on any atom is -0.467 e. The number of nitrogens with zero attached hydrogens (tertiary/aromatic N) is 1. The fraction of sp³-hybridized carbons (Fsp3) is 0.200. The van der Waals surface area contributed by atoms with Crippen LogP contribution >= 0.6 is 0 Å². The lowest BCUT2D eigenvalue weighted by atomic mass is 9.98. The average Bonchev–Trinajstić information content (AvgIpc) is 3.16. The van der Waals surface area contributed by atoms with Crippen LogP contribution in [0.25, 0.3) is 11.1 Å². The number of nitro benzene ring substituents is 1. The maximum absolute atomic E-state index is 12.6. The smallest absolute Gasteiger partial charge is 0.407 e. The van der Waals surface area contributed by atoms with Gasteiger partial charge in [-0.1, -0.05) is 60.7 Å². The van der Waals surface area contributed by atoms with Gasteiger partial charge in [0.25, 0.3) is 5.69 Å². The van der Waals surface area contributed by atoms with Gasteiger partial charge in [0, 0.05) is 24.5 Å². The fourth-order valence-electron chi connectivity index (χ4n) is 4.11. The van der Waals surface area contributed by atoms with Crippen molar-refractivity contribution < 1.29 is 24.0 Å². The average molecular weight is 446 g/mol. The van der Waals surface area contributed by atoms with Gasteiger partial charge in [-0.25, -0.2) is 9.59 Å². The molecule has 0 bridgehead atoms. The summed E-state index contributed by atoms with van der Waals surface area (Å²) in [5.74, 6) is -0.740. The normalized spacial score (nSPS) is 12.9. The number of fused-ring (bicyclic) bond motifs is 3. The Morgan fingerprint density at radius 3 is 2.09 bits per heavy atom. The Kier molecular flexibility index (Phi) is 6.35. The Morgan fingerprint density at radius 2 is 1.55 bits per heavy atom. The van der Waals surface area contributed by atoms with E-state index in [-0.39, 0.29) is 24.6 Å². The van der Waals surface area contributed by atoms with Crippen molar-refractivity contribution in [2.24, 2.45) is 0 Å². The number of carbonyl (C=O) groups is 2. The molecule has 0 heterocycles. The Hall–Kier alpha value is -4.20. The van der Waals surface area contributed by atoms with Gasteiger partial charge in [-0.3, -0.25) is 10.1 Å². The van der Waals surface area contributed by atoms with Crippen molar-refractivity contribution in [3.05, 3.63) is 99.6 Å². The maximum atomic E-state index is 12.6. The van der Waals surface area contributed by atoms with Crippen molar-refractivity contribution in [1.82, 2.24) is 5.32 Å². The third-order valence-electron chi connectivity index (χ3n) is 5.71. The molecule has 168 valence electrons. The Morgan fingerprint density at radius 1 is 0.970 bits per heavy atom. The summed E-state index contributed by atoms with van der Waals surface area (Å²) in [5, 5.41) is 13.4. The van der Waals surface area contributed by atoms with Crippen LogP contribution in [0, 0.1) is 10.1 Å². The number of methoxy groups -OCH3 is 1. The molecule has 4 rings (SSSR count). The predicted molar refractivity (Wildman–Crippen MR) is 121 cm³/mol. The van der Waals surface area contributed by atoms with E-state index in [4.69, 9.17) is 9.47 Å². The summed E-state index contributed by atoms with van der Waals surface area (Å²) < 4.78 is 10.3. The molecule has 3 aromatic rings. The minimum atomic E-state index is -0.993. The summed E-state index contributed by atoms with van der Waals surface area (Å²) in [6, 6.07) is 20.8. The molecular weight excluding hydrogens is 424 g/mol. The van der Waals surface area contributed by atoms with E-state index in [0.717, 1.165) is 22.3 Å². The van der Waals surface area contributed by atoms with Crippen LogP contribution in [0.3, 0.4) is 0 Å². The van der Waals surface area contributed by atoms with Crippen molar-refractivity contribution in [2.45, 2.75) is 18.4 Å². The molecule has 0 saturated carbocycles. The molecule has 1 amide bonds. The molecule has 1 atom stereocenters. The number of non-ortho nitro benzene ring substituents is 1. The number of nitro groups is 1. The highest BCUT2D eigenvalue weighted by Crippen LogP contribution is 2.44. The van der Waals surface area contributed by atoms with Crippen LogP contribution in [-0.4, -0.2) is 36.7 Å². The van der Waals surface area contributed by atoms with E-state index >= 15 is 0 Å². The third-order valence-corrected chi connectivity index (χ3v) is 5.71. The predicted octanol–water partition coefficient (Wildman–Crippen LogP) is 4.22. The molecule has 1 aliphatic rings. The first kappa shape index (κ1) is 22.0. The van der Waals surface area contributed by atoms with Gasteiger partial charge in [0.05, 0.1) is 12.0 Å². The number of amides is 1. The van der Waals surface area contributed by atoms with E-state index in [1.54, 1.807) is 0 Å². The number of benzene rings is 3. The summed E-state index contributed by atoms with van der Waals surface area (Å²) in [6.07, 6.45) is -0.635. The van der Waals surface area contributed by atoms with Gasteiger partial charge in [0.2, 0.25) is 0 Å². The zero-order valence-electron chi connectivity index (χ0n) is 17.9. The quantitative estimate of drug-likeness (QED) is 0.331. The van der Waals surface area contributed by atoms with Crippen LogP contribution < -0.4 is 5.32 Å². The van der Waals surface area contributed by atoms with Gasteiger partial charge >= 0.3 is 12.1 Å². The first-order valence-corrected chi connectivity index (χ1v) is 10.4. The van der Waals surface area contributed by atoms with E-state index in [1.807, 2.05) is 48.5 Å². The van der Waals surface area contributed by atoms with Crippen molar-refractivity contribution in [1.29, 1.82) is 0 Å². The van der Waals surface area contributed by atoms with Crippen LogP contribution in [0.2, 0.25) is 0 Å². The lowest BCUT2D eigenvalue weighted by molar-refractivity contribution is -0.384. The van der Waals surface area contributed by atoms with Crippen LogP contribution in [0.4, 0.5) is 10.5 Å². The highest BCUT2D eigenvalue weighted by atomic mass is 16.6. The first-order chi connectivity index (χ1) is 16.0. The SMILES string of the molecule is COC(=O)[C@H](Cc1ccc([N+](=O)[O-])cc1)NC(=O)OCC1c2ccccc2-c2ccccc21. The van der Waals surface area contributed by atoms with Crippen LogP contribution in [-0.2, 0) is 20.7 Å². The summed E-state index contributed by atoms with van der Waals surface area (Å²) in [7, 11) is 1.23. The van der Waals surface area contributed by atoms with Gasteiger partial charge < -0.3 is 14.8 Å². The van der Waals surface area contributed by atoms with Gasteiger partial charge in [0.15, 0.2) is 0 Å². The van der Waals surface area contributed by atoms with Gasteiger partial charge in [0.1, 0.15) is 12.6 Å². The monoisotopic (exact) mass is 446 g/mol. The fourth-order valence-corrected chi connectivity index (χ4v) is 4.11. The summed E-state index contributed by atoms with van der Waals surface area (Å²) in [4.78, 5) is 35.1. The lowest BCUT2D eigenvalue weighted by Gasteiger charge is -2.18. The highest BCUT2D eigenvalue weighted by Gasteiger charge is 2.30. The van der Waals surface area contributed by atoms with E-state index in [1.165, 1.54) is 31.4 Å². The molecule has 0 radical (unpaired) electrons. The lowest BCUT2D eigenvalue weighted by Crippen LogP contribution is -2.43. The van der Waals surface area contributed by atoms with Crippen LogP contribution in [0.1, 0.15) is 22.6 Å². The standard InChI is InChI=1S/C25H22N2O6/c1-32-24(28)23(14-16-10-12-17(13-11-16)27(30)31)26-25(29)33-15-22-20-8-4-2-6-18(20)19-7-3-5-9-21(19)22/h2-13,22-23H,14-15H2,1H3,(H,26,29)/t23-/m0/s1. The second-order valence-corrected chi connectivity index (χ2v) is 7.67. The molecular formula is C25H22N2O6. The molecule has 0 spiro atoms. The number of ether oxygens (including phenoxy) is 2. The second kappa shape index (κ2) is 9.52. The molecule has 1 N–H and O–H groups in total. The molecule has 1 aliphatic carbocycles. The largest absolute Gasteiger partial charge is 0.467 e. The Balaban J connectivity index is 1.43. The first-order valence-electron chi connectivity index (χ1n) is 10.4. The van der Waals surface area contributed by atoms with E-state index in [9.17, 15) is 19.7 Å². The number of rotatable bonds is 7. The van der Waals surface area contributed by atoms with Gasteiger partial charge in [-0.15, -0.1) is 0 Å². The molecule has 3 aromatic carbocycles. The van der Waals surface area contributed by atoms with Crippen molar-refractivity contribution >= 4 is 17.7 Å². The number of hydrogen-bond acceptors (Lipinski definition) is 6. The second-order valence-electron chi connectivity index (χ2n) is 7.67. The molecule has 0 fully saturated rings. The van der Waals surface area contributed by atoms with Gasteiger partial charge in [-0.05, 0) is 27.8 Å². The molecule has 0 aliphatic heterocycles. The Bertz CT molecular complexity index is 1150. The number of nitrogens with one attached hydrogen (secondary N) is 1. The molecule has 0 unspecified atom stereocenters. The maximum Gasteiger partial charge on any atom is 0.407 e. The van der Waals surface area contributed by atoms with Crippen LogP contribution in [0.5, 0.6) is 0 Å².